The number of nitrogens with zero attached hydrogens (tertiary/aromatic N) is 4. The molecule has 1 aliphatic heterocycles. The maximum Gasteiger partial charge on any atom is 0.156 e. The quantitative estimate of drug-likeness (QED) is 0.754. The molecule has 3 aromatic rings. The summed E-state index contributed by atoms with van der Waals surface area (Å²) in [5.74, 6) is 2.15. The molecular weight excluding hydrogens is 338 g/mol. The average molecular weight is 365 g/mol. The van der Waals surface area contributed by atoms with Crippen LogP contribution in [0, 0.1) is 11.8 Å². The third-order valence-electron chi connectivity index (χ3n) is 7.03. The van der Waals surface area contributed by atoms with Gasteiger partial charge >= 0.3 is 0 Å². The van der Waals surface area contributed by atoms with Crippen molar-refractivity contribution in [1.29, 1.82) is 0 Å². The SMILES string of the molecule is C[C@@H]1C[C@H](N(CC2CC2)C2COC2)CC1c1cnc2cnc3[nH]ccc3n12. The summed E-state index contributed by atoms with van der Waals surface area (Å²) in [5.41, 5.74) is 4.38. The van der Waals surface area contributed by atoms with Gasteiger partial charge in [-0.1, -0.05) is 6.92 Å². The average Bonchev–Trinajstić information content (AvgIpc) is 3.03. The molecule has 2 aliphatic carbocycles. The van der Waals surface area contributed by atoms with Gasteiger partial charge in [0.25, 0.3) is 0 Å². The highest BCUT2D eigenvalue weighted by Gasteiger charge is 2.42. The molecule has 1 unspecified atom stereocenters. The van der Waals surface area contributed by atoms with Crippen molar-refractivity contribution in [2.75, 3.05) is 19.8 Å². The monoisotopic (exact) mass is 365 g/mol. The lowest BCUT2D eigenvalue weighted by Gasteiger charge is -2.41. The molecule has 6 heteroatoms. The minimum atomic E-state index is 0.549. The maximum absolute atomic E-state index is 5.53. The largest absolute Gasteiger partial charge is 0.378 e. The zero-order chi connectivity index (χ0) is 18.0. The third kappa shape index (κ3) is 2.61. The number of hydrogen-bond donors (Lipinski definition) is 1. The Morgan fingerprint density at radius 2 is 2.07 bits per heavy atom. The number of imidazole rings is 1. The van der Waals surface area contributed by atoms with Gasteiger partial charge in [0.15, 0.2) is 11.3 Å². The van der Waals surface area contributed by atoms with Crippen molar-refractivity contribution in [3.63, 3.8) is 0 Å². The van der Waals surface area contributed by atoms with Crippen LogP contribution < -0.4 is 0 Å². The van der Waals surface area contributed by atoms with Crippen LogP contribution in [0.25, 0.3) is 16.8 Å². The van der Waals surface area contributed by atoms with E-state index in [2.05, 4.69) is 43.4 Å². The summed E-state index contributed by atoms with van der Waals surface area (Å²) in [6.07, 6.45) is 11.3. The van der Waals surface area contributed by atoms with Gasteiger partial charge in [-0.25, -0.2) is 9.97 Å². The van der Waals surface area contributed by atoms with Crippen molar-refractivity contribution in [2.45, 2.75) is 50.6 Å². The van der Waals surface area contributed by atoms with E-state index in [1.807, 2.05) is 12.4 Å². The van der Waals surface area contributed by atoms with Crippen LogP contribution in [0.1, 0.15) is 44.2 Å². The molecule has 2 saturated carbocycles. The minimum absolute atomic E-state index is 0.549. The van der Waals surface area contributed by atoms with Gasteiger partial charge in [0.05, 0.1) is 31.0 Å². The topological polar surface area (TPSA) is 58.5 Å². The second kappa shape index (κ2) is 6.04. The van der Waals surface area contributed by atoms with Gasteiger partial charge in [-0.3, -0.25) is 9.30 Å². The minimum Gasteiger partial charge on any atom is -0.378 e. The van der Waals surface area contributed by atoms with E-state index in [0.29, 0.717) is 23.9 Å². The van der Waals surface area contributed by atoms with E-state index in [0.717, 1.165) is 35.9 Å². The molecule has 0 bridgehead atoms. The lowest BCUT2D eigenvalue weighted by molar-refractivity contribution is -0.0806. The van der Waals surface area contributed by atoms with Crippen LogP contribution in [0.15, 0.2) is 24.7 Å². The van der Waals surface area contributed by atoms with Crippen LogP contribution >= 0.6 is 0 Å². The second-order valence-electron chi connectivity index (χ2n) is 8.89. The van der Waals surface area contributed by atoms with Gasteiger partial charge in [0.1, 0.15) is 0 Å². The number of aromatic amines is 1. The summed E-state index contributed by atoms with van der Waals surface area (Å²) < 4.78 is 7.85. The fourth-order valence-corrected chi connectivity index (χ4v) is 5.26. The molecule has 6 nitrogen and oxygen atoms in total. The molecule has 3 atom stereocenters. The first kappa shape index (κ1) is 16.1. The first-order valence-electron chi connectivity index (χ1n) is 10.4. The molecular formula is C21H27N5O. The van der Waals surface area contributed by atoms with E-state index < -0.39 is 0 Å². The zero-order valence-electron chi connectivity index (χ0n) is 15.8. The molecule has 1 saturated heterocycles. The van der Waals surface area contributed by atoms with Gasteiger partial charge in [-0.05, 0) is 43.6 Å². The first-order valence-corrected chi connectivity index (χ1v) is 10.4. The van der Waals surface area contributed by atoms with Crippen LogP contribution in [-0.2, 0) is 4.74 Å². The van der Waals surface area contributed by atoms with Crippen LogP contribution in [0.2, 0.25) is 0 Å². The Kier molecular flexibility index (Phi) is 3.60. The normalized spacial score (nSPS) is 29.2. The number of H-pyrrole nitrogens is 1. The highest BCUT2D eigenvalue weighted by Crippen LogP contribution is 2.44. The van der Waals surface area contributed by atoms with E-state index in [1.54, 1.807) is 0 Å². The van der Waals surface area contributed by atoms with Gasteiger partial charge < -0.3 is 9.72 Å². The zero-order valence-corrected chi connectivity index (χ0v) is 15.8. The Morgan fingerprint density at radius 1 is 1.19 bits per heavy atom. The Bertz CT molecular complexity index is 969. The fraction of sp³-hybridized carbons (Fsp3) is 0.619. The Morgan fingerprint density at radius 3 is 2.85 bits per heavy atom. The van der Waals surface area contributed by atoms with Crippen molar-refractivity contribution in [3.8, 4) is 0 Å². The van der Waals surface area contributed by atoms with Gasteiger partial charge in [-0.15, -0.1) is 0 Å². The summed E-state index contributed by atoms with van der Waals surface area (Å²) in [6, 6.07) is 3.43. The molecule has 6 rings (SSSR count). The van der Waals surface area contributed by atoms with Crippen LogP contribution in [0.3, 0.4) is 0 Å². The Hall–Kier alpha value is -1.92. The number of aromatic nitrogens is 4. The second-order valence-corrected chi connectivity index (χ2v) is 8.89. The molecule has 142 valence electrons. The molecule has 0 amide bonds. The number of hydrogen-bond acceptors (Lipinski definition) is 4. The van der Waals surface area contributed by atoms with E-state index in [-0.39, 0.29) is 0 Å². The van der Waals surface area contributed by atoms with Crippen molar-refractivity contribution in [3.05, 3.63) is 30.4 Å². The summed E-state index contributed by atoms with van der Waals surface area (Å²) >= 11 is 0. The molecule has 1 N–H and O–H groups in total. The standard InChI is InChI=1S/C21H27N5O/c1-13-6-15(25(10-14-2-3-14)16-11-27-12-16)7-17(13)19-8-23-20-9-24-21-18(26(19)20)4-5-22-21/h4-5,8-9,13-17,22H,2-3,6-7,10-12H2,1H3/t13-,15+,17?/m1/s1. The van der Waals surface area contributed by atoms with Gasteiger partial charge in [-0.2, -0.15) is 0 Å². The molecule has 3 aromatic heterocycles. The Labute approximate surface area is 158 Å². The van der Waals surface area contributed by atoms with E-state index in [9.17, 15) is 0 Å². The highest BCUT2D eigenvalue weighted by molar-refractivity contribution is 5.74. The van der Waals surface area contributed by atoms with E-state index >= 15 is 0 Å². The van der Waals surface area contributed by atoms with E-state index in [1.165, 1.54) is 37.9 Å². The third-order valence-corrected chi connectivity index (χ3v) is 7.03. The summed E-state index contributed by atoms with van der Waals surface area (Å²) in [5, 5.41) is 0. The first-order chi connectivity index (χ1) is 13.3. The molecule has 0 spiro atoms. The van der Waals surface area contributed by atoms with Gasteiger partial charge in [0.2, 0.25) is 0 Å². The molecule has 0 radical (unpaired) electrons. The molecule has 27 heavy (non-hydrogen) atoms. The molecule has 4 heterocycles. The van der Waals surface area contributed by atoms with Gasteiger partial charge in [0, 0.05) is 36.6 Å². The van der Waals surface area contributed by atoms with Crippen LogP contribution in [-0.4, -0.2) is 56.1 Å². The maximum atomic E-state index is 5.53. The molecule has 3 aliphatic rings. The number of rotatable bonds is 5. The summed E-state index contributed by atoms with van der Waals surface area (Å²) in [4.78, 5) is 15.2. The molecule has 0 aromatic carbocycles. The highest BCUT2D eigenvalue weighted by atomic mass is 16.5. The lowest BCUT2D eigenvalue weighted by Crippen LogP contribution is -2.53. The predicted octanol–water partition coefficient (Wildman–Crippen LogP) is 3.20. The van der Waals surface area contributed by atoms with E-state index in [4.69, 9.17) is 4.74 Å². The van der Waals surface area contributed by atoms with Crippen LogP contribution in [0.4, 0.5) is 0 Å². The number of fused-ring (bicyclic) bond motifs is 3. The lowest BCUT2D eigenvalue weighted by atomic mass is 9.95. The number of ether oxygens (including phenoxy) is 1. The van der Waals surface area contributed by atoms with Crippen LogP contribution in [0.5, 0.6) is 0 Å². The fourth-order valence-electron chi connectivity index (χ4n) is 5.26. The van der Waals surface area contributed by atoms with Crippen molar-refractivity contribution < 1.29 is 4.74 Å². The molecule has 3 fully saturated rings. The Balaban J connectivity index is 1.33. The van der Waals surface area contributed by atoms with Crippen molar-refractivity contribution >= 4 is 16.8 Å². The summed E-state index contributed by atoms with van der Waals surface area (Å²) in [6.45, 7) is 5.55. The van der Waals surface area contributed by atoms with Crippen molar-refractivity contribution in [2.24, 2.45) is 11.8 Å². The smallest absolute Gasteiger partial charge is 0.156 e. The number of nitrogens with one attached hydrogen (secondary N) is 1. The summed E-state index contributed by atoms with van der Waals surface area (Å²) in [7, 11) is 0. The predicted molar refractivity (Wildman–Crippen MR) is 104 cm³/mol. The van der Waals surface area contributed by atoms with Crippen molar-refractivity contribution in [1.82, 2.24) is 24.3 Å².